The van der Waals surface area contributed by atoms with E-state index in [0.717, 1.165) is 25.7 Å². The Morgan fingerprint density at radius 3 is 2.58 bits per heavy atom. The first-order valence-electron chi connectivity index (χ1n) is 4.94. The van der Waals surface area contributed by atoms with Gasteiger partial charge in [0.25, 0.3) is 5.92 Å². The molecule has 0 heterocycles. The number of rotatable bonds is 2. The predicted molar refractivity (Wildman–Crippen MR) is 46.4 cm³/mol. The molecule has 0 spiro atoms. The predicted octanol–water partition coefficient (Wildman–Crippen LogP) is 3.86. The first-order chi connectivity index (χ1) is 5.56. The van der Waals surface area contributed by atoms with Gasteiger partial charge in [0.2, 0.25) is 0 Å². The Hall–Kier alpha value is -0.140. The summed E-state index contributed by atoms with van der Waals surface area (Å²) in [4.78, 5) is 0. The lowest BCUT2D eigenvalue weighted by atomic mass is 9.78. The van der Waals surface area contributed by atoms with Crippen LogP contribution in [0.25, 0.3) is 0 Å². The van der Waals surface area contributed by atoms with Crippen LogP contribution in [0.3, 0.4) is 0 Å². The lowest BCUT2D eigenvalue weighted by molar-refractivity contribution is -0.0914. The average molecular weight is 176 g/mol. The highest BCUT2D eigenvalue weighted by Gasteiger charge is 2.41. The van der Waals surface area contributed by atoms with Gasteiger partial charge in [-0.1, -0.05) is 26.7 Å². The molecule has 0 radical (unpaired) electrons. The van der Waals surface area contributed by atoms with Gasteiger partial charge in [-0.2, -0.15) is 0 Å². The molecule has 72 valence electrons. The molecule has 1 aliphatic carbocycles. The largest absolute Gasteiger partial charge is 0.250 e. The Balaban J connectivity index is 2.41. The van der Waals surface area contributed by atoms with Crippen molar-refractivity contribution in [1.29, 1.82) is 0 Å². The lowest BCUT2D eigenvalue weighted by Crippen LogP contribution is -2.33. The molecule has 12 heavy (non-hydrogen) atoms. The Bertz CT molecular complexity index is 143. The third-order valence-electron chi connectivity index (χ3n) is 2.99. The summed E-state index contributed by atoms with van der Waals surface area (Å²) in [5.41, 5.74) is 0. The molecule has 0 aromatic carbocycles. The standard InChI is InChI=1S/C10H18F2/c1-3-4-9-5-6-10(11,12)8(2)7-9/h8-9H,3-7H2,1-2H3. The molecule has 0 saturated heterocycles. The summed E-state index contributed by atoms with van der Waals surface area (Å²) in [6.07, 6.45) is 3.81. The van der Waals surface area contributed by atoms with E-state index in [2.05, 4.69) is 6.92 Å². The maximum atomic E-state index is 13.0. The van der Waals surface area contributed by atoms with Crippen LogP contribution < -0.4 is 0 Å². The monoisotopic (exact) mass is 176 g/mol. The van der Waals surface area contributed by atoms with Crippen molar-refractivity contribution in [3.63, 3.8) is 0 Å². The van der Waals surface area contributed by atoms with Crippen LogP contribution in [-0.2, 0) is 0 Å². The number of hydrogen-bond acceptors (Lipinski definition) is 0. The third-order valence-corrected chi connectivity index (χ3v) is 2.99. The second-order valence-electron chi connectivity index (χ2n) is 4.09. The molecule has 0 amide bonds. The fraction of sp³-hybridized carbons (Fsp3) is 1.00. The van der Waals surface area contributed by atoms with Crippen LogP contribution in [0, 0.1) is 11.8 Å². The minimum absolute atomic E-state index is 0.110. The zero-order valence-electron chi connectivity index (χ0n) is 7.95. The van der Waals surface area contributed by atoms with Gasteiger partial charge in [0.1, 0.15) is 0 Å². The normalized spacial score (nSPS) is 35.0. The van der Waals surface area contributed by atoms with E-state index in [1.54, 1.807) is 6.92 Å². The van der Waals surface area contributed by atoms with E-state index < -0.39 is 11.8 Å². The molecular formula is C10H18F2. The van der Waals surface area contributed by atoms with E-state index >= 15 is 0 Å². The van der Waals surface area contributed by atoms with E-state index in [1.165, 1.54) is 0 Å². The number of alkyl halides is 2. The highest BCUT2D eigenvalue weighted by molar-refractivity contribution is 4.82. The molecule has 0 nitrogen and oxygen atoms in total. The summed E-state index contributed by atoms with van der Waals surface area (Å²) in [5, 5.41) is 0. The lowest BCUT2D eigenvalue weighted by Gasteiger charge is -2.33. The number of halogens is 2. The van der Waals surface area contributed by atoms with Crippen molar-refractivity contribution in [2.75, 3.05) is 0 Å². The number of hydrogen-bond donors (Lipinski definition) is 0. The van der Waals surface area contributed by atoms with Crippen LogP contribution >= 0.6 is 0 Å². The summed E-state index contributed by atoms with van der Waals surface area (Å²) in [6.45, 7) is 3.80. The van der Waals surface area contributed by atoms with Crippen molar-refractivity contribution < 1.29 is 8.78 Å². The molecule has 2 heteroatoms. The second kappa shape index (κ2) is 3.71. The third kappa shape index (κ3) is 2.18. The van der Waals surface area contributed by atoms with Crippen molar-refractivity contribution in [3.05, 3.63) is 0 Å². The first-order valence-corrected chi connectivity index (χ1v) is 4.94. The quantitative estimate of drug-likeness (QED) is 0.599. The van der Waals surface area contributed by atoms with E-state index in [9.17, 15) is 8.78 Å². The summed E-state index contributed by atoms with van der Waals surface area (Å²) in [7, 11) is 0. The summed E-state index contributed by atoms with van der Waals surface area (Å²) in [5.74, 6) is -2.23. The minimum atomic E-state index is -2.38. The van der Waals surface area contributed by atoms with Crippen LogP contribution in [0.4, 0.5) is 8.78 Å². The van der Waals surface area contributed by atoms with Crippen molar-refractivity contribution in [2.45, 2.75) is 51.9 Å². The van der Waals surface area contributed by atoms with E-state index in [-0.39, 0.29) is 6.42 Å². The summed E-state index contributed by atoms with van der Waals surface area (Å²) < 4.78 is 26.0. The maximum absolute atomic E-state index is 13.0. The molecule has 0 N–H and O–H groups in total. The second-order valence-corrected chi connectivity index (χ2v) is 4.09. The zero-order valence-corrected chi connectivity index (χ0v) is 7.95. The van der Waals surface area contributed by atoms with Crippen molar-refractivity contribution in [2.24, 2.45) is 11.8 Å². The molecule has 0 aromatic heterocycles. The van der Waals surface area contributed by atoms with Crippen molar-refractivity contribution >= 4 is 0 Å². The van der Waals surface area contributed by atoms with Crippen molar-refractivity contribution in [3.8, 4) is 0 Å². The van der Waals surface area contributed by atoms with Gasteiger partial charge in [-0.15, -0.1) is 0 Å². The SMILES string of the molecule is CCCC1CCC(F)(F)C(C)C1. The van der Waals surface area contributed by atoms with Gasteiger partial charge in [0.05, 0.1) is 0 Å². The highest BCUT2D eigenvalue weighted by Crippen LogP contribution is 2.41. The van der Waals surface area contributed by atoms with Crippen LogP contribution in [0.5, 0.6) is 0 Å². The zero-order chi connectivity index (χ0) is 9.19. The van der Waals surface area contributed by atoms with Gasteiger partial charge in [-0.05, 0) is 18.8 Å². The van der Waals surface area contributed by atoms with E-state index in [1.807, 2.05) is 0 Å². The van der Waals surface area contributed by atoms with Crippen molar-refractivity contribution in [1.82, 2.24) is 0 Å². The van der Waals surface area contributed by atoms with E-state index in [4.69, 9.17) is 0 Å². The smallest absolute Gasteiger partial charge is 0.207 e. The average Bonchev–Trinajstić information content (AvgIpc) is 1.98. The molecule has 1 fully saturated rings. The molecule has 1 aliphatic rings. The van der Waals surface area contributed by atoms with E-state index in [0.29, 0.717) is 5.92 Å². The van der Waals surface area contributed by atoms with Crippen LogP contribution in [-0.4, -0.2) is 5.92 Å². The molecule has 1 saturated carbocycles. The molecule has 1 rings (SSSR count). The Morgan fingerprint density at radius 2 is 2.08 bits per heavy atom. The summed E-state index contributed by atoms with van der Waals surface area (Å²) >= 11 is 0. The van der Waals surface area contributed by atoms with Gasteiger partial charge in [0.15, 0.2) is 0 Å². The molecule has 0 aliphatic heterocycles. The van der Waals surface area contributed by atoms with Gasteiger partial charge in [0, 0.05) is 12.3 Å². The fourth-order valence-electron chi connectivity index (χ4n) is 2.10. The Morgan fingerprint density at radius 1 is 1.42 bits per heavy atom. The van der Waals surface area contributed by atoms with Gasteiger partial charge in [-0.25, -0.2) is 8.78 Å². The highest BCUT2D eigenvalue weighted by atomic mass is 19.3. The molecule has 0 bridgehead atoms. The summed E-state index contributed by atoms with van der Waals surface area (Å²) in [6, 6.07) is 0. The van der Waals surface area contributed by atoms with Crippen LogP contribution in [0.2, 0.25) is 0 Å². The van der Waals surface area contributed by atoms with Gasteiger partial charge < -0.3 is 0 Å². The van der Waals surface area contributed by atoms with Crippen LogP contribution in [0.15, 0.2) is 0 Å². The Labute approximate surface area is 73.3 Å². The minimum Gasteiger partial charge on any atom is -0.207 e. The first kappa shape index (κ1) is 9.94. The molecular weight excluding hydrogens is 158 g/mol. The van der Waals surface area contributed by atoms with Crippen LogP contribution in [0.1, 0.15) is 46.0 Å². The van der Waals surface area contributed by atoms with Gasteiger partial charge >= 0.3 is 0 Å². The fourth-order valence-corrected chi connectivity index (χ4v) is 2.10. The van der Waals surface area contributed by atoms with Gasteiger partial charge in [-0.3, -0.25) is 0 Å². The topological polar surface area (TPSA) is 0 Å². The molecule has 2 atom stereocenters. The maximum Gasteiger partial charge on any atom is 0.250 e. The molecule has 2 unspecified atom stereocenters. The Kier molecular flexibility index (Phi) is 3.08. The molecule has 0 aromatic rings.